The average Bonchev–Trinajstić information content (AvgIpc) is 2.78. The zero-order chi connectivity index (χ0) is 15.5. The van der Waals surface area contributed by atoms with E-state index in [1.807, 2.05) is 0 Å². The Morgan fingerprint density at radius 1 is 1.32 bits per heavy atom. The van der Waals surface area contributed by atoms with Gasteiger partial charge in [-0.1, -0.05) is 30.7 Å². The molecule has 1 N–H and O–H groups in total. The van der Waals surface area contributed by atoms with Gasteiger partial charge in [0, 0.05) is 5.41 Å². The van der Waals surface area contributed by atoms with Crippen LogP contribution in [0.5, 0.6) is 0 Å². The van der Waals surface area contributed by atoms with Crippen molar-refractivity contribution < 1.29 is 5.11 Å². The van der Waals surface area contributed by atoms with Crippen LogP contribution in [0.15, 0.2) is 23.8 Å². The number of fused-ring (bicyclic) bond motifs is 5. The van der Waals surface area contributed by atoms with Crippen molar-refractivity contribution in [1.29, 1.82) is 0 Å². The first-order valence-corrected chi connectivity index (χ1v) is 9.59. The van der Waals surface area contributed by atoms with Crippen LogP contribution in [0.2, 0.25) is 0 Å². The molecule has 0 aliphatic heterocycles. The summed E-state index contributed by atoms with van der Waals surface area (Å²) in [7, 11) is 0. The van der Waals surface area contributed by atoms with Gasteiger partial charge in [-0.2, -0.15) is 0 Å². The topological polar surface area (TPSA) is 20.2 Å². The van der Waals surface area contributed by atoms with E-state index < -0.39 is 5.60 Å². The molecule has 3 saturated carbocycles. The van der Waals surface area contributed by atoms with Crippen LogP contribution in [0.1, 0.15) is 71.6 Å². The lowest BCUT2D eigenvalue weighted by Gasteiger charge is -2.57. The van der Waals surface area contributed by atoms with Crippen LogP contribution in [0.4, 0.5) is 0 Å². The molecule has 1 heteroatoms. The molecule has 0 aromatic heterocycles. The molecular weight excluding hydrogens is 268 g/mol. The summed E-state index contributed by atoms with van der Waals surface area (Å²) in [6, 6.07) is 0. The largest absolute Gasteiger partial charge is 0.390 e. The van der Waals surface area contributed by atoms with Gasteiger partial charge in [0.1, 0.15) is 0 Å². The zero-order valence-corrected chi connectivity index (χ0v) is 14.4. The van der Waals surface area contributed by atoms with E-state index in [1.54, 1.807) is 5.57 Å². The summed E-state index contributed by atoms with van der Waals surface area (Å²) in [5, 5.41) is 11.1. The van der Waals surface area contributed by atoms with Crippen LogP contribution in [0.3, 0.4) is 0 Å². The lowest BCUT2D eigenvalue weighted by Crippen LogP contribution is -2.53. The maximum Gasteiger partial charge on any atom is 0.0681 e. The second-order valence-corrected chi connectivity index (χ2v) is 8.81. The van der Waals surface area contributed by atoms with E-state index in [0.717, 1.165) is 42.9 Å². The Kier molecular flexibility index (Phi) is 3.39. The lowest BCUT2D eigenvalue weighted by molar-refractivity contribution is -0.102. The molecule has 0 heterocycles. The third kappa shape index (κ3) is 1.81. The van der Waals surface area contributed by atoms with Crippen molar-refractivity contribution in [2.24, 2.45) is 29.1 Å². The van der Waals surface area contributed by atoms with Gasteiger partial charge in [-0.25, -0.2) is 0 Å². The fraction of sp³-hybridized carbons (Fsp3) is 0.810. The van der Waals surface area contributed by atoms with Crippen LogP contribution in [0.25, 0.3) is 0 Å². The van der Waals surface area contributed by atoms with Gasteiger partial charge in [-0.05, 0) is 88.4 Å². The van der Waals surface area contributed by atoms with Crippen LogP contribution >= 0.6 is 0 Å². The SMILES string of the molecule is C=C1C[C@@]2(CC)C(CC[C@]2(C)O)C2CCC3=CCCCC3C12. The second-order valence-electron chi connectivity index (χ2n) is 8.81. The third-order valence-electron chi connectivity index (χ3n) is 8.15. The molecule has 0 amide bonds. The summed E-state index contributed by atoms with van der Waals surface area (Å²) in [5.74, 6) is 3.03. The molecule has 0 saturated heterocycles. The Bertz CT molecular complexity index is 514. The van der Waals surface area contributed by atoms with Crippen LogP contribution < -0.4 is 0 Å². The fourth-order valence-electron chi connectivity index (χ4n) is 7.11. The minimum atomic E-state index is -0.483. The molecule has 0 bridgehead atoms. The third-order valence-corrected chi connectivity index (χ3v) is 8.15. The van der Waals surface area contributed by atoms with Gasteiger partial charge in [-0.15, -0.1) is 0 Å². The van der Waals surface area contributed by atoms with E-state index in [0.29, 0.717) is 0 Å². The molecule has 122 valence electrons. The molecule has 6 atom stereocenters. The maximum absolute atomic E-state index is 11.1. The predicted octanol–water partition coefficient (Wildman–Crippen LogP) is 5.26. The Morgan fingerprint density at radius 2 is 2.14 bits per heavy atom. The molecule has 22 heavy (non-hydrogen) atoms. The Balaban J connectivity index is 1.73. The molecule has 1 nitrogen and oxygen atoms in total. The van der Waals surface area contributed by atoms with E-state index in [-0.39, 0.29) is 5.41 Å². The number of hydrogen-bond acceptors (Lipinski definition) is 1. The van der Waals surface area contributed by atoms with E-state index in [9.17, 15) is 5.11 Å². The van der Waals surface area contributed by atoms with Gasteiger partial charge in [0.25, 0.3) is 0 Å². The summed E-state index contributed by atoms with van der Waals surface area (Å²) < 4.78 is 0. The monoisotopic (exact) mass is 300 g/mol. The molecule has 0 aromatic carbocycles. The zero-order valence-electron chi connectivity index (χ0n) is 14.4. The highest BCUT2D eigenvalue weighted by Gasteiger charge is 2.62. The molecule has 0 aromatic rings. The van der Waals surface area contributed by atoms with Crippen molar-refractivity contribution in [3.8, 4) is 0 Å². The normalized spacial score (nSPS) is 50.9. The second kappa shape index (κ2) is 4.97. The van der Waals surface area contributed by atoms with Crippen LogP contribution in [0, 0.1) is 29.1 Å². The van der Waals surface area contributed by atoms with Crippen molar-refractivity contribution in [2.45, 2.75) is 77.2 Å². The number of allylic oxidation sites excluding steroid dienone is 3. The molecule has 4 aliphatic carbocycles. The maximum atomic E-state index is 11.1. The molecule has 3 fully saturated rings. The summed E-state index contributed by atoms with van der Waals surface area (Å²) in [4.78, 5) is 0. The smallest absolute Gasteiger partial charge is 0.0681 e. The minimum absolute atomic E-state index is 0.112. The van der Waals surface area contributed by atoms with Crippen molar-refractivity contribution in [2.75, 3.05) is 0 Å². The van der Waals surface area contributed by atoms with E-state index in [2.05, 4.69) is 26.5 Å². The van der Waals surface area contributed by atoms with Gasteiger partial charge < -0.3 is 5.11 Å². The molecule has 0 radical (unpaired) electrons. The van der Waals surface area contributed by atoms with Gasteiger partial charge >= 0.3 is 0 Å². The number of hydrogen-bond donors (Lipinski definition) is 1. The summed E-state index contributed by atoms with van der Waals surface area (Å²) >= 11 is 0. The van der Waals surface area contributed by atoms with Gasteiger partial charge in [-0.3, -0.25) is 0 Å². The van der Waals surface area contributed by atoms with Crippen molar-refractivity contribution in [3.63, 3.8) is 0 Å². The summed E-state index contributed by atoms with van der Waals surface area (Å²) in [6.45, 7) is 8.98. The van der Waals surface area contributed by atoms with Crippen molar-refractivity contribution >= 4 is 0 Å². The van der Waals surface area contributed by atoms with Crippen LogP contribution in [-0.4, -0.2) is 10.7 Å². The van der Waals surface area contributed by atoms with E-state index >= 15 is 0 Å². The molecule has 4 rings (SSSR count). The van der Waals surface area contributed by atoms with Gasteiger partial charge in [0.2, 0.25) is 0 Å². The summed E-state index contributed by atoms with van der Waals surface area (Å²) in [5.41, 5.74) is 2.86. The van der Waals surface area contributed by atoms with Crippen molar-refractivity contribution in [1.82, 2.24) is 0 Å². The lowest BCUT2D eigenvalue weighted by atomic mass is 9.48. The number of aliphatic hydroxyl groups is 1. The van der Waals surface area contributed by atoms with Crippen LogP contribution in [-0.2, 0) is 0 Å². The summed E-state index contributed by atoms with van der Waals surface area (Å²) in [6.07, 6.45) is 13.7. The van der Waals surface area contributed by atoms with Crippen molar-refractivity contribution in [3.05, 3.63) is 23.8 Å². The fourth-order valence-corrected chi connectivity index (χ4v) is 7.11. The Morgan fingerprint density at radius 3 is 2.91 bits per heavy atom. The quantitative estimate of drug-likeness (QED) is 0.655. The highest BCUT2D eigenvalue weighted by molar-refractivity contribution is 5.28. The van der Waals surface area contributed by atoms with E-state index in [1.165, 1.54) is 44.1 Å². The molecule has 4 aliphatic rings. The predicted molar refractivity (Wildman–Crippen MR) is 91.5 cm³/mol. The Hall–Kier alpha value is -0.560. The first kappa shape index (κ1) is 15.0. The average molecular weight is 300 g/mol. The van der Waals surface area contributed by atoms with Gasteiger partial charge in [0.15, 0.2) is 0 Å². The highest BCUT2D eigenvalue weighted by Crippen LogP contribution is 2.67. The minimum Gasteiger partial charge on any atom is -0.390 e. The van der Waals surface area contributed by atoms with Gasteiger partial charge in [0.05, 0.1) is 5.60 Å². The highest BCUT2D eigenvalue weighted by atomic mass is 16.3. The first-order chi connectivity index (χ1) is 10.5. The Labute approximate surface area is 135 Å². The molecular formula is C21H32O. The number of rotatable bonds is 1. The van der Waals surface area contributed by atoms with E-state index in [4.69, 9.17) is 0 Å². The molecule has 4 unspecified atom stereocenters. The molecule has 0 spiro atoms. The standard InChI is InChI=1S/C21H32O/c1-4-21-13-14(2)19-16-8-6-5-7-15(16)9-10-17(19)18(21)11-12-20(21,3)22/h7,16-19,22H,2,4-6,8-13H2,1,3H3/t16?,17?,18?,19?,20-,21-/m0/s1. The first-order valence-electron chi connectivity index (χ1n) is 9.59.